The van der Waals surface area contributed by atoms with Gasteiger partial charge < -0.3 is 25.7 Å². The summed E-state index contributed by atoms with van der Waals surface area (Å²) >= 11 is 0.666. The van der Waals surface area contributed by atoms with Gasteiger partial charge in [-0.05, 0) is 50.4 Å². The highest BCUT2D eigenvalue weighted by Gasteiger charge is 2.49. The standard InChI is InChI=1S/C34H32F6N8O2S/c1-16-23(6-9-48(16)24(49)13-42)46(2)31-19-10-21(34(38,39)40)26(18-4-5-22(36)29-25(18)20(12-41)30(43)51-29)27(37)28(19)44-32(45-31)50-15-33-7-3-8-47(33)14-17(35)11-33/h4-5,10,13,16-17,23,42H,3,6-9,11,14-15,43H2,1-2H3. The van der Waals surface area contributed by atoms with Crippen LogP contribution < -0.4 is 15.4 Å². The van der Waals surface area contributed by atoms with Crippen LogP contribution in [0.2, 0.25) is 0 Å². The van der Waals surface area contributed by atoms with E-state index in [1.54, 1.807) is 18.9 Å². The number of fused-ring (bicyclic) bond motifs is 3. The molecule has 3 saturated heterocycles. The zero-order valence-corrected chi connectivity index (χ0v) is 28.3. The number of anilines is 2. The molecule has 4 unspecified atom stereocenters. The third kappa shape index (κ3) is 5.59. The smallest absolute Gasteiger partial charge is 0.417 e. The monoisotopic (exact) mass is 730 g/mol. The quantitative estimate of drug-likeness (QED) is 0.167. The van der Waals surface area contributed by atoms with Gasteiger partial charge in [0, 0.05) is 48.9 Å². The minimum absolute atomic E-state index is 0.0447. The topological polar surface area (TPSA) is 135 Å². The predicted octanol–water partition coefficient (Wildman–Crippen LogP) is 6.29. The van der Waals surface area contributed by atoms with Gasteiger partial charge in [-0.1, -0.05) is 6.07 Å². The molecule has 3 N–H and O–H groups in total. The Morgan fingerprint density at radius 2 is 2.06 bits per heavy atom. The van der Waals surface area contributed by atoms with E-state index in [4.69, 9.17) is 15.9 Å². The number of hydrogen-bond acceptors (Lipinski definition) is 10. The highest BCUT2D eigenvalue weighted by atomic mass is 32.1. The minimum Gasteiger partial charge on any atom is -0.461 e. The van der Waals surface area contributed by atoms with Crippen molar-refractivity contribution in [3.05, 3.63) is 41.0 Å². The molecule has 51 heavy (non-hydrogen) atoms. The van der Waals surface area contributed by atoms with E-state index in [-0.39, 0.29) is 64.0 Å². The van der Waals surface area contributed by atoms with Gasteiger partial charge in [0.15, 0.2) is 5.82 Å². The number of nitrogens with zero attached hydrogens (tertiary/aromatic N) is 6. The maximum atomic E-state index is 17.1. The molecule has 4 aromatic rings. The number of likely N-dealkylation sites (tertiary alicyclic amines) is 1. The maximum absolute atomic E-state index is 17.1. The molecule has 10 nitrogen and oxygen atoms in total. The molecule has 0 spiro atoms. The van der Waals surface area contributed by atoms with Crippen molar-refractivity contribution in [3.63, 3.8) is 0 Å². The number of nitrogens with two attached hydrogens (primary N) is 1. The lowest BCUT2D eigenvalue weighted by Gasteiger charge is -2.33. The van der Waals surface area contributed by atoms with Gasteiger partial charge in [-0.15, -0.1) is 11.3 Å². The molecule has 0 saturated carbocycles. The van der Waals surface area contributed by atoms with E-state index >= 15 is 17.6 Å². The molecule has 17 heteroatoms. The molecular formula is C34H32F6N8O2S. The fraction of sp³-hybridized carbons (Fsp3) is 0.441. The number of nitriles is 1. The number of carbonyl (C=O) groups excluding carboxylic acids is 1. The largest absolute Gasteiger partial charge is 0.461 e. The average Bonchev–Trinajstić information content (AvgIpc) is 3.83. The van der Waals surface area contributed by atoms with Gasteiger partial charge in [0.2, 0.25) is 0 Å². The molecule has 7 rings (SSSR count). The number of nitrogen functional groups attached to an aromatic ring is 1. The Hall–Kier alpha value is -4.69. The van der Waals surface area contributed by atoms with Gasteiger partial charge >= 0.3 is 12.2 Å². The van der Waals surface area contributed by atoms with Crippen LogP contribution in [0.3, 0.4) is 0 Å². The zero-order valence-electron chi connectivity index (χ0n) is 27.5. The van der Waals surface area contributed by atoms with Crippen molar-refractivity contribution in [1.82, 2.24) is 19.8 Å². The van der Waals surface area contributed by atoms with E-state index in [9.17, 15) is 18.8 Å². The lowest BCUT2D eigenvalue weighted by Crippen LogP contribution is -2.44. The number of hydrogen-bond donors (Lipinski definition) is 2. The second kappa shape index (κ2) is 12.5. The number of nitrogens with one attached hydrogen (secondary N) is 1. The van der Waals surface area contributed by atoms with Crippen molar-refractivity contribution in [2.45, 2.75) is 62.6 Å². The number of carbonyl (C=O) groups is 1. The summed E-state index contributed by atoms with van der Waals surface area (Å²) in [6.07, 6.45) is -3.50. The summed E-state index contributed by atoms with van der Waals surface area (Å²) < 4.78 is 97.5. The fourth-order valence-electron chi connectivity index (χ4n) is 8.16. The van der Waals surface area contributed by atoms with Crippen molar-refractivity contribution in [2.24, 2.45) is 0 Å². The van der Waals surface area contributed by atoms with Crippen LogP contribution in [-0.2, 0) is 11.0 Å². The number of aromatic nitrogens is 2. The maximum Gasteiger partial charge on any atom is 0.417 e. The molecule has 0 aliphatic carbocycles. The van der Waals surface area contributed by atoms with E-state index in [1.165, 1.54) is 4.90 Å². The van der Waals surface area contributed by atoms with Crippen molar-refractivity contribution in [3.8, 4) is 23.2 Å². The van der Waals surface area contributed by atoms with Crippen LogP contribution in [0.5, 0.6) is 6.01 Å². The third-order valence-electron chi connectivity index (χ3n) is 10.6. The number of likely N-dealkylation sites (N-methyl/N-ethyl adjacent to an activating group) is 1. The summed E-state index contributed by atoms with van der Waals surface area (Å²) in [7, 11) is 1.56. The summed E-state index contributed by atoms with van der Waals surface area (Å²) in [5.41, 5.74) is 1.72. The van der Waals surface area contributed by atoms with Gasteiger partial charge in [0.25, 0.3) is 5.91 Å². The Bertz CT molecular complexity index is 2140. The summed E-state index contributed by atoms with van der Waals surface area (Å²) in [6.45, 7) is 2.86. The molecule has 3 aliphatic heterocycles. The normalized spacial score (nSPS) is 23.6. The minimum atomic E-state index is -5.14. The van der Waals surface area contributed by atoms with Crippen molar-refractivity contribution < 1.29 is 35.9 Å². The fourth-order valence-corrected chi connectivity index (χ4v) is 9.11. The summed E-state index contributed by atoms with van der Waals surface area (Å²) in [6, 6.07) is 3.04. The van der Waals surface area contributed by atoms with Gasteiger partial charge in [-0.2, -0.15) is 28.4 Å². The Morgan fingerprint density at radius 1 is 1.29 bits per heavy atom. The van der Waals surface area contributed by atoms with Gasteiger partial charge in [0.05, 0.1) is 33.6 Å². The van der Waals surface area contributed by atoms with Crippen molar-refractivity contribution >= 4 is 55.3 Å². The van der Waals surface area contributed by atoms with E-state index in [0.717, 1.165) is 24.6 Å². The molecule has 5 heterocycles. The highest BCUT2D eigenvalue weighted by molar-refractivity contribution is 7.23. The Balaban J connectivity index is 1.45. The van der Waals surface area contributed by atoms with Gasteiger partial charge in [-0.3, -0.25) is 9.69 Å². The zero-order chi connectivity index (χ0) is 36.6. The average molecular weight is 731 g/mol. The molecule has 1 amide bonds. The lowest BCUT2D eigenvalue weighted by molar-refractivity contribution is -0.137. The number of ether oxygens (including phenoxy) is 1. The van der Waals surface area contributed by atoms with Crippen LogP contribution in [0.25, 0.3) is 32.1 Å². The van der Waals surface area contributed by atoms with Gasteiger partial charge in [0.1, 0.15) is 41.0 Å². The third-order valence-corrected chi connectivity index (χ3v) is 11.6. The number of thiophene rings is 1. The second-order valence-corrected chi connectivity index (χ2v) is 14.4. The van der Waals surface area contributed by atoms with Crippen LogP contribution in [0.1, 0.15) is 43.7 Å². The SMILES string of the molecule is CC1C(N(C)c2nc(OCC34CCCN3CC(F)C4)nc3c(F)c(-c4ccc(F)c5sc(N)c(C#N)c45)c(C(F)(F)F)cc23)CCN1C(=O)C=N. The first-order valence-corrected chi connectivity index (χ1v) is 17.1. The van der Waals surface area contributed by atoms with E-state index in [0.29, 0.717) is 36.9 Å². The van der Waals surface area contributed by atoms with Crippen LogP contribution in [0, 0.1) is 28.4 Å². The molecule has 3 aliphatic rings. The molecule has 4 atom stereocenters. The predicted molar refractivity (Wildman–Crippen MR) is 180 cm³/mol. The van der Waals surface area contributed by atoms with Crippen LogP contribution in [-0.4, -0.2) is 89.0 Å². The van der Waals surface area contributed by atoms with E-state index in [2.05, 4.69) is 9.97 Å². The number of amides is 1. The first-order valence-electron chi connectivity index (χ1n) is 16.3. The number of rotatable bonds is 7. The van der Waals surface area contributed by atoms with Crippen LogP contribution in [0.15, 0.2) is 18.2 Å². The first kappa shape index (κ1) is 34.7. The summed E-state index contributed by atoms with van der Waals surface area (Å²) in [5, 5.41) is 16.5. The van der Waals surface area contributed by atoms with Crippen LogP contribution in [0.4, 0.5) is 37.2 Å². The second-order valence-electron chi connectivity index (χ2n) is 13.3. The Kier molecular flexibility index (Phi) is 8.53. The first-order chi connectivity index (χ1) is 24.2. The highest BCUT2D eigenvalue weighted by Crippen LogP contribution is 2.48. The molecule has 0 radical (unpaired) electrons. The van der Waals surface area contributed by atoms with E-state index < -0.39 is 69.7 Å². The Morgan fingerprint density at radius 3 is 2.76 bits per heavy atom. The Labute approximate surface area is 291 Å². The molecule has 3 fully saturated rings. The number of alkyl halides is 4. The summed E-state index contributed by atoms with van der Waals surface area (Å²) in [4.78, 5) is 26.2. The molecule has 0 bridgehead atoms. The molecular weight excluding hydrogens is 698 g/mol. The summed E-state index contributed by atoms with van der Waals surface area (Å²) in [5.74, 6) is -2.89. The molecule has 2 aromatic heterocycles. The van der Waals surface area contributed by atoms with Gasteiger partial charge in [-0.25, -0.2) is 13.2 Å². The lowest BCUT2D eigenvalue weighted by atomic mass is 9.92. The molecule has 268 valence electrons. The number of halogens is 6. The van der Waals surface area contributed by atoms with Crippen LogP contribution >= 0.6 is 11.3 Å². The molecule has 2 aromatic carbocycles. The van der Waals surface area contributed by atoms with E-state index in [1.807, 2.05) is 11.0 Å². The van der Waals surface area contributed by atoms with Crippen molar-refractivity contribution in [1.29, 1.82) is 10.7 Å². The number of benzene rings is 2. The van der Waals surface area contributed by atoms with Crippen molar-refractivity contribution in [2.75, 3.05) is 43.9 Å².